The lowest BCUT2D eigenvalue weighted by Crippen LogP contribution is -2.47. The Labute approximate surface area is 167 Å². The quantitative estimate of drug-likeness (QED) is 0.379. The molecule has 0 spiro atoms. The largest absolute Gasteiger partial charge is 0.369 e. The van der Waals surface area contributed by atoms with Crippen molar-refractivity contribution >= 4 is 29.4 Å². The predicted molar refractivity (Wildman–Crippen MR) is 108 cm³/mol. The number of aromatic nitrogens is 4. The van der Waals surface area contributed by atoms with Crippen LogP contribution < -0.4 is 4.90 Å². The summed E-state index contributed by atoms with van der Waals surface area (Å²) < 4.78 is 4.48. The lowest BCUT2D eigenvalue weighted by molar-refractivity contribution is -0.384. The van der Waals surface area contributed by atoms with E-state index in [0.717, 1.165) is 43.3 Å². The topological polar surface area (TPSA) is 84.7 Å². The molecule has 0 unspecified atom stereocenters. The first-order valence-corrected chi connectivity index (χ1v) is 9.49. The first kappa shape index (κ1) is 18.5. The third-order valence-electron chi connectivity index (χ3n) is 5.01. The predicted octanol–water partition coefficient (Wildman–Crippen LogP) is 2.57. The van der Waals surface area contributed by atoms with Crippen molar-refractivity contribution in [2.24, 2.45) is 0 Å². The average Bonchev–Trinajstić information content (AvgIpc) is 2.97. The first-order chi connectivity index (χ1) is 13.4. The van der Waals surface area contributed by atoms with Gasteiger partial charge in [0, 0.05) is 55.4 Å². The molecular formula is C18H21N7O2S. The van der Waals surface area contributed by atoms with E-state index in [2.05, 4.69) is 19.8 Å². The molecule has 0 radical (unpaired) electrons. The second kappa shape index (κ2) is 7.28. The van der Waals surface area contributed by atoms with Gasteiger partial charge < -0.3 is 4.90 Å². The Morgan fingerprint density at radius 3 is 2.43 bits per heavy atom. The van der Waals surface area contributed by atoms with Crippen LogP contribution in [0.5, 0.6) is 0 Å². The summed E-state index contributed by atoms with van der Waals surface area (Å²) >= 11 is 5.46. The van der Waals surface area contributed by atoms with Crippen LogP contribution in [0.3, 0.4) is 0 Å². The van der Waals surface area contributed by atoms with Crippen molar-refractivity contribution in [2.45, 2.75) is 20.5 Å². The Balaban J connectivity index is 1.46. The highest BCUT2D eigenvalue weighted by molar-refractivity contribution is 7.71. The highest BCUT2D eigenvalue weighted by Crippen LogP contribution is 2.21. The molecule has 1 aliphatic rings. The number of nitrogens with zero attached hydrogens (tertiary/aromatic N) is 7. The summed E-state index contributed by atoms with van der Waals surface area (Å²) in [7, 11) is 0. The third-order valence-corrected chi connectivity index (χ3v) is 5.31. The van der Waals surface area contributed by atoms with Gasteiger partial charge in [0.2, 0.25) is 4.77 Å². The minimum absolute atomic E-state index is 0.114. The number of hydrogen-bond acceptors (Lipinski definition) is 7. The van der Waals surface area contributed by atoms with Gasteiger partial charge in [-0.15, -0.1) is 0 Å². The van der Waals surface area contributed by atoms with Crippen molar-refractivity contribution in [3.05, 3.63) is 56.6 Å². The lowest BCUT2D eigenvalue weighted by atomic mass is 10.2. The second-order valence-corrected chi connectivity index (χ2v) is 7.33. The van der Waals surface area contributed by atoms with E-state index in [1.807, 2.05) is 41.2 Å². The van der Waals surface area contributed by atoms with Crippen molar-refractivity contribution in [1.29, 1.82) is 0 Å². The van der Waals surface area contributed by atoms with Gasteiger partial charge >= 0.3 is 0 Å². The molecule has 9 nitrogen and oxygen atoms in total. The fraction of sp³-hybridized carbons (Fsp3) is 0.389. The molecule has 10 heteroatoms. The molecule has 3 aromatic rings. The highest BCUT2D eigenvalue weighted by atomic mass is 32.1. The van der Waals surface area contributed by atoms with Crippen LogP contribution in [0.15, 0.2) is 30.3 Å². The number of rotatable bonds is 4. The fourth-order valence-corrected chi connectivity index (χ4v) is 3.82. The van der Waals surface area contributed by atoms with E-state index in [1.54, 1.807) is 12.1 Å². The summed E-state index contributed by atoms with van der Waals surface area (Å²) in [5.41, 5.74) is 3.10. The monoisotopic (exact) mass is 399 g/mol. The van der Waals surface area contributed by atoms with Crippen LogP contribution in [0.4, 0.5) is 11.4 Å². The zero-order chi connectivity index (χ0) is 19.8. The van der Waals surface area contributed by atoms with Gasteiger partial charge in [0.15, 0.2) is 0 Å². The van der Waals surface area contributed by atoms with E-state index in [1.165, 1.54) is 0 Å². The van der Waals surface area contributed by atoms with E-state index < -0.39 is 0 Å². The number of non-ortho nitro benzene ring substituents is 1. The zero-order valence-corrected chi connectivity index (χ0v) is 16.6. The van der Waals surface area contributed by atoms with Gasteiger partial charge in [0.1, 0.15) is 0 Å². The molecule has 4 rings (SSSR count). The third kappa shape index (κ3) is 3.48. The van der Waals surface area contributed by atoms with Crippen LogP contribution >= 0.6 is 12.2 Å². The molecule has 0 bridgehead atoms. The van der Waals surface area contributed by atoms with Crippen molar-refractivity contribution in [1.82, 2.24) is 24.1 Å². The van der Waals surface area contributed by atoms with Crippen LogP contribution in [-0.2, 0) is 6.67 Å². The minimum Gasteiger partial charge on any atom is -0.369 e. The van der Waals surface area contributed by atoms with Gasteiger partial charge in [0.05, 0.1) is 11.6 Å². The molecule has 2 aromatic heterocycles. The maximum atomic E-state index is 10.8. The Hall–Kier alpha value is -2.85. The number of anilines is 1. The van der Waals surface area contributed by atoms with Gasteiger partial charge in [-0.2, -0.15) is 4.98 Å². The molecule has 0 amide bonds. The van der Waals surface area contributed by atoms with Gasteiger partial charge in [-0.1, -0.05) is 0 Å². The van der Waals surface area contributed by atoms with Gasteiger partial charge in [0.25, 0.3) is 11.5 Å². The number of piperazine rings is 1. The minimum atomic E-state index is -0.375. The van der Waals surface area contributed by atoms with Crippen LogP contribution in [-0.4, -0.2) is 55.2 Å². The number of aryl methyl sites for hydroxylation is 2. The van der Waals surface area contributed by atoms with Crippen molar-refractivity contribution in [3.8, 4) is 0 Å². The highest BCUT2D eigenvalue weighted by Gasteiger charge is 2.20. The van der Waals surface area contributed by atoms with Gasteiger partial charge in [-0.25, -0.2) is 14.2 Å². The molecule has 146 valence electrons. The van der Waals surface area contributed by atoms with Crippen LogP contribution in [0.25, 0.3) is 5.78 Å². The molecule has 0 aliphatic carbocycles. The van der Waals surface area contributed by atoms with Gasteiger partial charge in [-0.05, 0) is 44.3 Å². The van der Waals surface area contributed by atoms with Crippen molar-refractivity contribution in [2.75, 3.05) is 31.1 Å². The number of nitro benzene ring substituents is 1. The smallest absolute Gasteiger partial charge is 0.269 e. The Bertz CT molecular complexity index is 1080. The average molecular weight is 399 g/mol. The SMILES string of the molecule is Cc1cc(C)n2c(n1)nc(=S)n2CN1CCN(c2ccc([N+](=O)[O-])cc2)CC1. The van der Waals surface area contributed by atoms with E-state index in [9.17, 15) is 10.1 Å². The van der Waals surface area contributed by atoms with E-state index in [-0.39, 0.29) is 10.6 Å². The van der Waals surface area contributed by atoms with Crippen molar-refractivity contribution < 1.29 is 4.92 Å². The summed E-state index contributed by atoms with van der Waals surface area (Å²) in [5.74, 6) is 0.631. The fourth-order valence-electron chi connectivity index (χ4n) is 3.60. The van der Waals surface area contributed by atoms with Crippen LogP contribution in [0.1, 0.15) is 11.4 Å². The molecule has 1 saturated heterocycles. The molecule has 0 N–H and O–H groups in total. The Kier molecular flexibility index (Phi) is 4.82. The number of hydrogen-bond donors (Lipinski definition) is 0. The van der Waals surface area contributed by atoms with E-state index in [4.69, 9.17) is 12.2 Å². The maximum absolute atomic E-state index is 10.8. The Morgan fingerprint density at radius 2 is 1.79 bits per heavy atom. The molecule has 0 saturated carbocycles. The number of benzene rings is 1. The molecule has 1 fully saturated rings. The van der Waals surface area contributed by atoms with Crippen molar-refractivity contribution in [3.63, 3.8) is 0 Å². The molecule has 1 aliphatic heterocycles. The van der Waals surface area contributed by atoms with E-state index >= 15 is 0 Å². The standard InChI is InChI=1S/C18H21N7O2S/c1-13-11-14(2)24-17(19-13)20-18(28)23(24)12-21-7-9-22(10-8-21)15-3-5-16(6-4-15)25(26)27/h3-6,11H,7-10,12H2,1-2H3. The zero-order valence-electron chi connectivity index (χ0n) is 15.8. The normalized spacial score (nSPS) is 15.3. The summed E-state index contributed by atoms with van der Waals surface area (Å²) in [5, 5.41) is 10.8. The van der Waals surface area contributed by atoms with Gasteiger partial charge in [-0.3, -0.25) is 15.0 Å². The maximum Gasteiger partial charge on any atom is 0.269 e. The van der Waals surface area contributed by atoms with Crippen LogP contribution in [0.2, 0.25) is 0 Å². The first-order valence-electron chi connectivity index (χ1n) is 9.08. The summed E-state index contributed by atoms with van der Waals surface area (Å²) in [4.78, 5) is 23.9. The molecule has 28 heavy (non-hydrogen) atoms. The molecule has 0 atom stereocenters. The summed E-state index contributed by atoms with van der Waals surface area (Å²) in [6, 6.07) is 8.75. The number of fused-ring (bicyclic) bond motifs is 1. The summed E-state index contributed by atoms with van der Waals surface area (Å²) in [6.45, 7) is 8.05. The second-order valence-electron chi connectivity index (χ2n) is 6.96. The molecule has 1 aromatic carbocycles. The van der Waals surface area contributed by atoms with Crippen LogP contribution in [0, 0.1) is 28.7 Å². The number of nitro groups is 1. The molecule has 3 heterocycles. The van der Waals surface area contributed by atoms with E-state index in [0.29, 0.717) is 17.2 Å². The lowest BCUT2D eigenvalue weighted by Gasteiger charge is -2.36. The Morgan fingerprint density at radius 1 is 1.11 bits per heavy atom. The molecular weight excluding hydrogens is 378 g/mol. The summed E-state index contributed by atoms with van der Waals surface area (Å²) in [6.07, 6.45) is 0.